The van der Waals surface area contributed by atoms with Crippen molar-refractivity contribution in [1.29, 1.82) is 0 Å². The number of unbranched alkanes of at least 4 members (excludes halogenated alkanes) is 3. The van der Waals surface area contributed by atoms with E-state index in [0.717, 1.165) is 6.04 Å². The lowest BCUT2D eigenvalue weighted by molar-refractivity contribution is 0.236. The Hall–Kier alpha value is -0.120. The quantitative estimate of drug-likeness (QED) is 0.519. The fourth-order valence-electron chi connectivity index (χ4n) is 2.40. The SMILES string of the molecule is CCCN(CCCCCCNC1CC1)CCN(C)C. The highest BCUT2D eigenvalue weighted by atomic mass is 15.2. The highest BCUT2D eigenvalue weighted by Gasteiger charge is 2.19. The van der Waals surface area contributed by atoms with Crippen molar-refractivity contribution in [2.75, 3.05) is 46.8 Å². The number of likely N-dealkylation sites (N-methyl/N-ethyl adjacent to an activating group) is 1. The van der Waals surface area contributed by atoms with Crippen molar-refractivity contribution < 1.29 is 0 Å². The summed E-state index contributed by atoms with van der Waals surface area (Å²) >= 11 is 0. The molecule has 114 valence electrons. The lowest BCUT2D eigenvalue weighted by Gasteiger charge is -2.23. The second kappa shape index (κ2) is 10.6. The molecule has 0 aromatic rings. The molecule has 0 heterocycles. The first-order valence-corrected chi connectivity index (χ1v) is 8.33. The van der Waals surface area contributed by atoms with E-state index in [4.69, 9.17) is 0 Å². The maximum Gasteiger partial charge on any atom is 0.0109 e. The summed E-state index contributed by atoms with van der Waals surface area (Å²) in [5.41, 5.74) is 0. The third-order valence-electron chi connectivity index (χ3n) is 3.81. The van der Waals surface area contributed by atoms with Gasteiger partial charge in [0.05, 0.1) is 0 Å². The van der Waals surface area contributed by atoms with Crippen LogP contribution < -0.4 is 5.32 Å². The van der Waals surface area contributed by atoms with Gasteiger partial charge in [-0.2, -0.15) is 0 Å². The maximum atomic E-state index is 3.59. The summed E-state index contributed by atoms with van der Waals surface area (Å²) in [6.07, 6.45) is 9.63. The summed E-state index contributed by atoms with van der Waals surface area (Å²) in [5.74, 6) is 0. The number of nitrogens with zero attached hydrogens (tertiary/aromatic N) is 2. The average molecular weight is 269 g/mol. The van der Waals surface area contributed by atoms with Crippen LogP contribution in [0.3, 0.4) is 0 Å². The molecular weight excluding hydrogens is 234 g/mol. The molecule has 3 nitrogen and oxygen atoms in total. The number of hydrogen-bond donors (Lipinski definition) is 1. The molecule has 0 bridgehead atoms. The third kappa shape index (κ3) is 10.3. The van der Waals surface area contributed by atoms with E-state index in [9.17, 15) is 0 Å². The van der Waals surface area contributed by atoms with Crippen LogP contribution in [0.2, 0.25) is 0 Å². The molecule has 0 aromatic heterocycles. The van der Waals surface area contributed by atoms with Crippen molar-refractivity contribution >= 4 is 0 Å². The highest BCUT2D eigenvalue weighted by Crippen LogP contribution is 2.18. The van der Waals surface area contributed by atoms with Crippen molar-refractivity contribution in [3.8, 4) is 0 Å². The second-order valence-corrected chi connectivity index (χ2v) is 6.29. The van der Waals surface area contributed by atoms with Crippen molar-refractivity contribution in [3.63, 3.8) is 0 Å². The van der Waals surface area contributed by atoms with E-state index in [1.54, 1.807) is 0 Å². The molecule has 0 amide bonds. The lowest BCUT2D eigenvalue weighted by atomic mass is 10.2. The van der Waals surface area contributed by atoms with Crippen LogP contribution in [-0.4, -0.2) is 62.7 Å². The summed E-state index contributed by atoms with van der Waals surface area (Å²) in [7, 11) is 4.33. The van der Waals surface area contributed by atoms with Gasteiger partial charge in [-0.1, -0.05) is 19.8 Å². The fourth-order valence-corrected chi connectivity index (χ4v) is 2.40. The molecule has 1 rings (SSSR count). The second-order valence-electron chi connectivity index (χ2n) is 6.29. The Labute approximate surface area is 120 Å². The normalized spacial score (nSPS) is 15.6. The van der Waals surface area contributed by atoms with Gasteiger partial charge in [-0.25, -0.2) is 0 Å². The van der Waals surface area contributed by atoms with E-state index in [-0.39, 0.29) is 0 Å². The first-order valence-electron chi connectivity index (χ1n) is 8.33. The van der Waals surface area contributed by atoms with E-state index in [0.29, 0.717) is 0 Å². The van der Waals surface area contributed by atoms with Crippen molar-refractivity contribution in [2.24, 2.45) is 0 Å². The van der Waals surface area contributed by atoms with Gasteiger partial charge in [0.1, 0.15) is 0 Å². The first kappa shape index (κ1) is 16.9. The summed E-state index contributed by atoms with van der Waals surface area (Å²) < 4.78 is 0. The van der Waals surface area contributed by atoms with Gasteiger partial charge in [-0.05, 0) is 65.8 Å². The molecule has 0 unspecified atom stereocenters. The van der Waals surface area contributed by atoms with E-state index in [1.165, 1.54) is 77.7 Å². The summed E-state index contributed by atoms with van der Waals surface area (Å²) in [5, 5.41) is 3.59. The number of rotatable bonds is 13. The van der Waals surface area contributed by atoms with Crippen LogP contribution in [0, 0.1) is 0 Å². The van der Waals surface area contributed by atoms with E-state index >= 15 is 0 Å². The van der Waals surface area contributed by atoms with Crippen LogP contribution >= 0.6 is 0 Å². The van der Waals surface area contributed by atoms with Gasteiger partial charge in [0.2, 0.25) is 0 Å². The zero-order valence-corrected chi connectivity index (χ0v) is 13.5. The van der Waals surface area contributed by atoms with Crippen LogP contribution in [0.4, 0.5) is 0 Å². The zero-order valence-electron chi connectivity index (χ0n) is 13.5. The molecule has 19 heavy (non-hydrogen) atoms. The van der Waals surface area contributed by atoms with Crippen LogP contribution in [0.1, 0.15) is 51.9 Å². The topological polar surface area (TPSA) is 18.5 Å². The molecule has 0 radical (unpaired) electrons. The predicted octanol–water partition coefficient (Wildman–Crippen LogP) is 2.57. The summed E-state index contributed by atoms with van der Waals surface area (Å²) in [6.45, 7) is 8.49. The molecular formula is C16H35N3. The van der Waals surface area contributed by atoms with E-state index in [2.05, 4.69) is 36.1 Å². The molecule has 1 saturated carbocycles. The standard InChI is InChI=1S/C16H35N3/c1-4-12-19(15-14-18(2)3)13-8-6-5-7-11-17-16-9-10-16/h16-17H,4-15H2,1-3H3. The molecule has 0 atom stereocenters. The Bertz CT molecular complexity index is 202. The third-order valence-corrected chi connectivity index (χ3v) is 3.81. The van der Waals surface area contributed by atoms with Gasteiger partial charge in [-0.3, -0.25) is 0 Å². The van der Waals surface area contributed by atoms with Gasteiger partial charge in [0, 0.05) is 19.1 Å². The van der Waals surface area contributed by atoms with Crippen LogP contribution in [0.15, 0.2) is 0 Å². The first-order chi connectivity index (χ1) is 9.22. The monoisotopic (exact) mass is 269 g/mol. The Morgan fingerprint density at radius 2 is 1.63 bits per heavy atom. The molecule has 1 N–H and O–H groups in total. The number of nitrogens with one attached hydrogen (secondary N) is 1. The van der Waals surface area contributed by atoms with Crippen molar-refractivity contribution in [1.82, 2.24) is 15.1 Å². The lowest BCUT2D eigenvalue weighted by Crippen LogP contribution is -2.33. The smallest absolute Gasteiger partial charge is 0.0109 e. The Balaban J connectivity index is 1.90. The van der Waals surface area contributed by atoms with Crippen LogP contribution in [0.25, 0.3) is 0 Å². The van der Waals surface area contributed by atoms with Gasteiger partial charge in [0.15, 0.2) is 0 Å². The predicted molar refractivity (Wildman–Crippen MR) is 84.8 cm³/mol. The van der Waals surface area contributed by atoms with Gasteiger partial charge in [0.25, 0.3) is 0 Å². The Kier molecular flexibility index (Phi) is 9.48. The molecule has 0 spiro atoms. The fraction of sp³-hybridized carbons (Fsp3) is 1.00. The summed E-state index contributed by atoms with van der Waals surface area (Å²) in [4.78, 5) is 4.91. The Morgan fingerprint density at radius 3 is 2.26 bits per heavy atom. The van der Waals surface area contributed by atoms with E-state index in [1.807, 2.05) is 0 Å². The maximum absolute atomic E-state index is 3.59. The number of hydrogen-bond acceptors (Lipinski definition) is 3. The van der Waals surface area contributed by atoms with Gasteiger partial charge < -0.3 is 15.1 Å². The van der Waals surface area contributed by atoms with Crippen molar-refractivity contribution in [3.05, 3.63) is 0 Å². The van der Waals surface area contributed by atoms with E-state index < -0.39 is 0 Å². The minimum Gasteiger partial charge on any atom is -0.314 e. The molecule has 0 aromatic carbocycles. The Morgan fingerprint density at radius 1 is 0.895 bits per heavy atom. The molecule has 1 fully saturated rings. The zero-order chi connectivity index (χ0) is 13.9. The van der Waals surface area contributed by atoms with Gasteiger partial charge in [-0.15, -0.1) is 0 Å². The van der Waals surface area contributed by atoms with Crippen molar-refractivity contribution in [2.45, 2.75) is 57.9 Å². The molecule has 0 aliphatic heterocycles. The minimum absolute atomic E-state index is 0.881. The average Bonchev–Trinajstić information content (AvgIpc) is 3.18. The van der Waals surface area contributed by atoms with Crippen LogP contribution in [0.5, 0.6) is 0 Å². The molecule has 3 heteroatoms. The highest BCUT2D eigenvalue weighted by molar-refractivity contribution is 4.80. The molecule has 1 aliphatic rings. The van der Waals surface area contributed by atoms with Gasteiger partial charge >= 0.3 is 0 Å². The summed E-state index contributed by atoms with van der Waals surface area (Å²) in [6, 6.07) is 0.881. The molecule has 1 aliphatic carbocycles. The van der Waals surface area contributed by atoms with Crippen LogP contribution in [-0.2, 0) is 0 Å². The minimum atomic E-state index is 0.881. The largest absolute Gasteiger partial charge is 0.314 e. The molecule has 0 saturated heterocycles.